The quantitative estimate of drug-likeness (QED) is 0.0166. The number of allylic oxidation sites excluding steroid dienone is 1. The predicted octanol–water partition coefficient (Wildman–Crippen LogP) is 32.7. The summed E-state index contributed by atoms with van der Waals surface area (Å²) in [4.78, 5) is 54.4. The van der Waals surface area contributed by atoms with Gasteiger partial charge in [-0.1, -0.05) is 496 Å². The first-order valence-electron chi connectivity index (χ1n) is 48.5. The van der Waals surface area contributed by atoms with Gasteiger partial charge in [0.05, 0.1) is 36.9 Å². The molecule has 8 aromatic carbocycles. The van der Waals surface area contributed by atoms with Gasteiger partial charge in [0, 0.05) is 25.3 Å². The van der Waals surface area contributed by atoms with Crippen molar-refractivity contribution in [3.63, 3.8) is 0 Å². The van der Waals surface area contributed by atoms with Gasteiger partial charge < -0.3 is 24.1 Å². The van der Waals surface area contributed by atoms with Crippen LogP contribution in [0.15, 0.2) is 250 Å². The molecular weight excluding hydrogens is 1620 g/mol. The minimum atomic E-state index is -0.720. The lowest BCUT2D eigenvalue weighted by Gasteiger charge is -2.39. The summed E-state index contributed by atoms with van der Waals surface area (Å²) in [6.07, 6.45) is 9.57. The van der Waals surface area contributed by atoms with Crippen molar-refractivity contribution in [2.75, 3.05) is 19.8 Å². The molecule has 0 unspecified atom stereocenters. The lowest BCUT2D eigenvalue weighted by Crippen LogP contribution is -2.35. The van der Waals surface area contributed by atoms with Crippen LogP contribution < -0.4 is 0 Å². The van der Waals surface area contributed by atoms with Gasteiger partial charge in [-0.05, 0) is 141 Å². The van der Waals surface area contributed by atoms with Crippen LogP contribution >= 0.6 is 0 Å². The van der Waals surface area contributed by atoms with Gasteiger partial charge in [-0.25, -0.2) is 0 Å². The van der Waals surface area contributed by atoms with E-state index in [1.807, 2.05) is 130 Å². The van der Waals surface area contributed by atoms with Gasteiger partial charge in [-0.2, -0.15) is 0 Å². The first kappa shape index (κ1) is 127. The number of esters is 4. The topological polar surface area (TPSA) is 142 Å². The zero-order chi connectivity index (χ0) is 100. The van der Waals surface area contributed by atoms with Crippen molar-refractivity contribution in [3.8, 4) is 11.1 Å². The second-order valence-electron chi connectivity index (χ2n) is 39.9. The molecule has 0 aliphatic heterocycles. The molecule has 0 spiro atoms. The van der Waals surface area contributed by atoms with Crippen LogP contribution in [-0.2, 0) is 74.4 Å². The van der Waals surface area contributed by atoms with E-state index in [-0.39, 0.29) is 77.2 Å². The van der Waals surface area contributed by atoms with Crippen LogP contribution in [0.5, 0.6) is 0 Å². The third-order valence-electron chi connectivity index (χ3n) is 19.4. The van der Waals surface area contributed by atoms with Crippen LogP contribution in [0.4, 0.5) is 0 Å². The molecule has 0 heterocycles. The van der Waals surface area contributed by atoms with Gasteiger partial charge in [-0.15, -0.1) is 6.58 Å². The summed E-state index contributed by atoms with van der Waals surface area (Å²) in [5, 5.41) is 8.81. The Kier molecular flexibility index (Phi) is 73.9. The average molecular weight is 1800 g/mol. The van der Waals surface area contributed by atoms with E-state index in [1.165, 1.54) is 75.4 Å². The number of rotatable bonds is 28. The average Bonchev–Trinajstić information content (AvgIpc) is 0.900. The Balaban J connectivity index is -0.000000684. The SMILES string of the molecule is C=CCC(C)C.C=CCOC(=O)C(C)C.CC(=O)C(C)C.CC(C)C.CC(C)C(=O)OCC1c2ccccc2-c2ccccc21.CC(C)C(=O)OCc1ccccc1.CC(C)C(c1ccccc1)(c1ccccc1)c1ccccc1.CC(C)COC(=O)C(C)C.CC(C)C[Si](C)(C)C.CC(C)Cc1ccc(CO)cc1.CC(C)Cc1ccccc1.CCC(C)C.CCC(C)C. The number of carbonyl (C=O) groups excluding carboxylic acids is 5. The smallest absolute Gasteiger partial charge is 0.308 e. The van der Waals surface area contributed by atoms with Crippen molar-refractivity contribution in [2.45, 2.75) is 304 Å². The van der Waals surface area contributed by atoms with Crippen molar-refractivity contribution < 1.29 is 48.0 Å². The zero-order valence-electron chi connectivity index (χ0n) is 88.5. The maximum Gasteiger partial charge on any atom is 0.308 e. The second-order valence-corrected chi connectivity index (χ2v) is 45.4. The van der Waals surface area contributed by atoms with Crippen LogP contribution in [0.1, 0.15) is 297 Å². The van der Waals surface area contributed by atoms with Crippen LogP contribution in [0.3, 0.4) is 0 Å². The zero-order valence-corrected chi connectivity index (χ0v) is 89.5. The lowest BCUT2D eigenvalue weighted by molar-refractivity contribution is -0.149. The standard InChI is InChI=1S/C22H22.C18H18O2.C11H14O2.C11H16O.C10H14.C8H16O2.C7H12O2.C7H18Si.C6H12.C5H10O.2C5H12.C4H10/c1-18(2)22(19-12-6-3-7-13-19,20-14-8-4-9-15-20)21-16-10-5-11-17-21;1-12(2)18(19)20-11-17-15-9-5-3-7-13(15)14-8-4-6-10-16(14)17;1-9(2)11(12)13-8-10-6-4-3-5-7-10;1-9(2)7-10-3-5-11(8-12)6-4-10;1-9(2)8-10-6-4-3-5-7-10;1-6(2)5-10-8(9)7(3)4;1-4-5-9-7(8)6(2)3;1-7(2)6-8(3,4)5;1-4-5-6(2)3;1-4(2)5(3)6;2*1-4-5(2)3;1-4(2)3/h3-18H,1-2H3;3-10,12,17H,11H2,1-2H3;3-7,9H,8H2,1-2H3;3-6,9,12H,7-8H2,1-2H3;3-7,9H,8H2,1-2H3;6-7H,5H2,1-4H3;4,6H,1,5H2,2-3H3;7H,6H2,1-5H3;4,6H,1,5H2,2-3H3;4H,1-3H3;2*5H,4H2,1-3H3;4H,1-3H3. The molecule has 10 nitrogen and oxygen atoms in total. The fourth-order valence-corrected chi connectivity index (χ4v) is 14.3. The molecule has 9 rings (SSSR count). The highest BCUT2D eigenvalue weighted by Gasteiger charge is 2.39. The number of aliphatic hydroxyl groups is 1. The predicted molar refractivity (Wildman–Crippen MR) is 566 cm³/mol. The Bertz CT molecular complexity index is 3940. The van der Waals surface area contributed by atoms with Crippen molar-refractivity contribution in [2.24, 2.45) is 82.9 Å². The fourth-order valence-electron chi connectivity index (χ4n) is 11.9. The lowest BCUT2D eigenvalue weighted by atomic mass is 9.63. The first-order chi connectivity index (χ1) is 61.0. The Morgan fingerprint density at radius 3 is 0.923 bits per heavy atom. The number of ether oxygens (including phenoxy) is 4. The number of Topliss-reactive ketones (excluding diaryl/α,β-unsaturated/α-hetero) is 1. The Morgan fingerprint density at radius 2 is 0.662 bits per heavy atom. The summed E-state index contributed by atoms with van der Waals surface area (Å²) in [5.74, 6) is 6.53. The summed E-state index contributed by atoms with van der Waals surface area (Å²) >= 11 is 0. The summed E-state index contributed by atoms with van der Waals surface area (Å²) in [7, 11) is -0.720. The van der Waals surface area contributed by atoms with Crippen LogP contribution in [0, 0.1) is 82.9 Å². The highest BCUT2D eigenvalue weighted by Crippen LogP contribution is 2.46. The largest absolute Gasteiger partial charge is 0.465 e. The number of fused-ring (bicyclic) bond motifs is 3. The Hall–Kier alpha value is -9.03. The maximum absolute atomic E-state index is 11.7. The van der Waals surface area contributed by atoms with Gasteiger partial charge >= 0.3 is 23.9 Å². The number of aliphatic hydroxyl groups excluding tert-OH is 1. The summed E-state index contributed by atoms with van der Waals surface area (Å²) in [5.41, 5.74) is 13.8. The number of hydrogen-bond donors (Lipinski definition) is 1. The molecule has 11 heteroatoms. The number of ketones is 1. The molecule has 1 aliphatic carbocycles. The van der Waals surface area contributed by atoms with Crippen LogP contribution in [0.2, 0.25) is 25.7 Å². The molecule has 726 valence electrons. The summed E-state index contributed by atoms with van der Waals surface area (Å²) in [6.45, 7) is 82.4. The molecule has 130 heavy (non-hydrogen) atoms. The summed E-state index contributed by atoms with van der Waals surface area (Å²) in [6, 6.07) is 79.2. The van der Waals surface area contributed by atoms with Gasteiger partial charge in [0.15, 0.2) is 0 Å². The molecule has 0 aromatic heterocycles. The van der Waals surface area contributed by atoms with Crippen molar-refractivity contribution in [1.29, 1.82) is 0 Å². The van der Waals surface area contributed by atoms with E-state index in [2.05, 4.69) is 334 Å². The third-order valence-corrected chi connectivity index (χ3v) is 21.4. The van der Waals surface area contributed by atoms with Crippen LogP contribution in [-0.4, -0.2) is 62.7 Å². The van der Waals surface area contributed by atoms with E-state index < -0.39 is 8.07 Å². The van der Waals surface area contributed by atoms with E-state index in [0.717, 1.165) is 59.5 Å². The minimum absolute atomic E-state index is 0.00116. The van der Waals surface area contributed by atoms with Gasteiger partial charge in [0.2, 0.25) is 0 Å². The second kappa shape index (κ2) is 75.5. The molecule has 0 atom stereocenters. The molecule has 0 fully saturated rings. The van der Waals surface area contributed by atoms with Crippen molar-refractivity contribution >= 4 is 37.7 Å². The van der Waals surface area contributed by atoms with Crippen molar-refractivity contribution in [3.05, 3.63) is 300 Å². The minimum Gasteiger partial charge on any atom is -0.465 e. The summed E-state index contributed by atoms with van der Waals surface area (Å²) < 4.78 is 20.1. The Labute approximate surface area is 798 Å². The highest BCUT2D eigenvalue weighted by molar-refractivity contribution is 6.76. The first-order valence-corrected chi connectivity index (χ1v) is 52.2. The van der Waals surface area contributed by atoms with E-state index in [0.29, 0.717) is 44.2 Å². The molecule has 1 N–H and O–H groups in total. The highest BCUT2D eigenvalue weighted by atomic mass is 28.3. The molecule has 0 amide bonds. The molecular formula is C119H186O10Si. The molecule has 0 saturated carbocycles. The monoisotopic (exact) mass is 1800 g/mol. The molecule has 1 aliphatic rings. The molecule has 0 radical (unpaired) electrons. The van der Waals surface area contributed by atoms with Gasteiger partial charge in [0.25, 0.3) is 0 Å². The van der Waals surface area contributed by atoms with Crippen LogP contribution in [0.25, 0.3) is 11.1 Å². The number of hydrogen-bond acceptors (Lipinski definition) is 10. The van der Waals surface area contributed by atoms with E-state index in [9.17, 15) is 24.0 Å². The maximum atomic E-state index is 11.7. The van der Waals surface area contributed by atoms with E-state index >= 15 is 0 Å². The third kappa shape index (κ3) is 64.7. The molecule has 8 aromatic rings. The van der Waals surface area contributed by atoms with E-state index in [1.54, 1.807) is 26.8 Å². The number of benzene rings is 8. The normalized spacial score (nSPS) is 10.9. The Morgan fingerprint density at radius 1 is 0.362 bits per heavy atom. The van der Waals surface area contributed by atoms with Gasteiger partial charge in [-0.3, -0.25) is 24.0 Å². The van der Waals surface area contributed by atoms with Crippen molar-refractivity contribution in [1.82, 2.24) is 0 Å². The number of carbonyl (C=O) groups is 5. The van der Waals surface area contributed by atoms with Gasteiger partial charge in [0.1, 0.15) is 25.6 Å². The fraction of sp³-hybridized carbons (Fsp3) is 0.521. The van der Waals surface area contributed by atoms with E-state index in [4.69, 9.17) is 24.1 Å². The molecule has 0 bridgehead atoms. The molecule has 0 saturated heterocycles.